The molecule has 0 bridgehead atoms. The minimum absolute atomic E-state index is 0.684. The first-order valence-electron chi connectivity index (χ1n) is 5.86. The molecule has 0 aromatic heterocycles. The van der Waals surface area contributed by atoms with Crippen LogP contribution in [0.4, 0.5) is 0 Å². The Kier molecular flexibility index (Phi) is 3.39. The van der Waals surface area contributed by atoms with Gasteiger partial charge in [0.2, 0.25) is 0 Å². The Bertz CT molecular complexity index is 322. The molecule has 2 nitrogen and oxygen atoms in total. The van der Waals surface area contributed by atoms with Crippen molar-refractivity contribution in [3.8, 4) is 0 Å². The molecule has 0 amide bonds. The molecule has 0 spiro atoms. The normalized spacial score (nSPS) is 21.3. The van der Waals surface area contributed by atoms with Crippen LogP contribution in [0.15, 0.2) is 24.3 Å². The molecule has 1 aromatic rings. The zero-order valence-electron chi connectivity index (χ0n) is 9.45. The maximum Gasteiger partial charge on any atom is 0.0240 e. The highest BCUT2D eigenvalue weighted by atomic mass is 15.2. The summed E-state index contributed by atoms with van der Waals surface area (Å²) < 4.78 is 0. The second-order valence-electron chi connectivity index (χ2n) is 4.29. The molecule has 0 aliphatic carbocycles. The van der Waals surface area contributed by atoms with Gasteiger partial charge in [-0.1, -0.05) is 31.2 Å². The number of nitrogens with two attached hydrogens (primary N) is 1. The molecular formula is C13H20N2. The van der Waals surface area contributed by atoms with Crippen molar-refractivity contribution >= 4 is 0 Å². The summed E-state index contributed by atoms with van der Waals surface area (Å²) in [5.74, 6) is 0. The van der Waals surface area contributed by atoms with E-state index < -0.39 is 0 Å². The lowest BCUT2D eigenvalue weighted by Crippen LogP contribution is -2.42. The summed E-state index contributed by atoms with van der Waals surface area (Å²) in [7, 11) is 0. The van der Waals surface area contributed by atoms with Crippen LogP contribution >= 0.6 is 0 Å². The first-order chi connectivity index (χ1) is 7.35. The van der Waals surface area contributed by atoms with Crippen LogP contribution in [0.1, 0.15) is 24.5 Å². The van der Waals surface area contributed by atoms with Gasteiger partial charge in [-0.15, -0.1) is 0 Å². The smallest absolute Gasteiger partial charge is 0.0240 e. The molecule has 0 saturated carbocycles. The lowest BCUT2D eigenvalue weighted by atomic mass is 9.93. The van der Waals surface area contributed by atoms with Crippen LogP contribution in [0, 0.1) is 0 Å². The van der Waals surface area contributed by atoms with Crippen LogP contribution in [-0.4, -0.2) is 24.0 Å². The highest BCUT2D eigenvalue weighted by molar-refractivity contribution is 5.30. The summed E-state index contributed by atoms with van der Waals surface area (Å²) in [6, 6.07) is 9.46. The Morgan fingerprint density at radius 1 is 1.33 bits per heavy atom. The fraction of sp³-hybridized carbons (Fsp3) is 0.538. The van der Waals surface area contributed by atoms with E-state index in [0.29, 0.717) is 6.04 Å². The summed E-state index contributed by atoms with van der Waals surface area (Å²) >= 11 is 0. The van der Waals surface area contributed by atoms with E-state index in [1.807, 2.05) is 0 Å². The number of rotatable bonds is 3. The van der Waals surface area contributed by atoms with Crippen LogP contribution in [0.3, 0.4) is 0 Å². The Morgan fingerprint density at radius 2 is 2.07 bits per heavy atom. The average molecular weight is 204 g/mol. The third-order valence-corrected chi connectivity index (χ3v) is 3.35. The van der Waals surface area contributed by atoms with Crippen LogP contribution in [0.2, 0.25) is 0 Å². The van der Waals surface area contributed by atoms with E-state index in [9.17, 15) is 0 Å². The molecule has 0 fully saturated rings. The Labute approximate surface area is 92.1 Å². The minimum Gasteiger partial charge on any atom is -0.329 e. The van der Waals surface area contributed by atoms with E-state index in [-0.39, 0.29) is 0 Å². The molecule has 0 saturated heterocycles. The molecule has 2 heteroatoms. The number of fused-ring (bicyclic) bond motifs is 1. The monoisotopic (exact) mass is 204 g/mol. The van der Waals surface area contributed by atoms with Gasteiger partial charge in [-0.25, -0.2) is 0 Å². The van der Waals surface area contributed by atoms with Crippen molar-refractivity contribution in [2.24, 2.45) is 5.73 Å². The molecule has 1 aliphatic rings. The first kappa shape index (κ1) is 10.7. The van der Waals surface area contributed by atoms with E-state index in [1.54, 1.807) is 0 Å². The molecule has 1 heterocycles. The lowest BCUT2D eigenvalue weighted by Gasteiger charge is -2.36. The SMILES string of the molecule is CCC1Cc2ccccc2CN1CCN. The zero-order chi connectivity index (χ0) is 10.7. The summed E-state index contributed by atoms with van der Waals surface area (Å²) in [6.45, 7) is 5.12. The Hall–Kier alpha value is -0.860. The number of hydrogen-bond acceptors (Lipinski definition) is 2. The third kappa shape index (κ3) is 2.21. The zero-order valence-corrected chi connectivity index (χ0v) is 9.45. The van der Waals surface area contributed by atoms with Gasteiger partial charge in [-0.05, 0) is 24.0 Å². The molecule has 82 valence electrons. The maximum atomic E-state index is 5.65. The van der Waals surface area contributed by atoms with Gasteiger partial charge in [0.25, 0.3) is 0 Å². The summed E-state index contributed by atoms with van der Waals surface area (Å²) in [6.07, 6.45) is 2.40. The molecule has 2 N–H and O–H groups in total. The summed E-state index contributed by atoms with van der Waals surface area (Å²) in [4.78, 5) is 2.52. The van der Waals surface area contributed by atoms with E-state index >= 15 is 0 Å². The van der Waals surface area contributed by atoms with Crippen LogP contribution in [0.25, 0.3) is 0 Å². The van der Waals surface area contributed by atoms with Crippen molar-refractivity contribution in [3.63, 3.8) is 0 Å². The fourth-order valence-electron chi connectivity index (χ4n) is 2.47. The van der Waals surface area contributed by atoms with E-state index in [0.717, 1.165) is 19.6 Å². The van der Waals surface area contributed by atoms with Gasteiger partial charge in [0, 0.05) is 25.7 Å². The molecule has 1 unspecified atom stereocenters. The van der Waals surface area contributed by atoms with Crippen LogP contribution in [0.5, 0.6) is 0 Å². The first-order valence-corrected chi connectivity index (χ1v) is 5.86. The fourth-order valence-corrected chi connectivity index (χ4v) is 2.47. The molecule has 0 radical (unpaired) electrons. The van der Waals surface area contributed by atoms with E-state index in [4.69, 9.17) is 5.73 Å². The lowest BCUT2D eigenvalue weighted by molar-refractivity contribution is 0.172. The van der Waals surface area contributed by atoms with Gasteiger partial charge in [0.1, 0.15) is 0 Å². The summed E-state index contributed by atoms with van der Waals surface area (Å²) in [5, 5.41) is 0. The number of hydrogen-bond donors (Lipinski definition) is 1. The third-order valence-electron chi connectivity index (χ3n) is 3.35. The van der Waals surface area contributed by atoms with Crippen molar-refractivity contribution in [2.75, 3.05) is 13.1 Å². The standard InChI is InChI=1S/C13H20N2/c1-2-13-9-11-5-3-4-6-12(11)10-15(13)8-7-14/h3-6,13H,2,7-10,14H2,1H3. The second-order valence-corrected chi connectivity index (χ2v) is 4.29. The maximum absolute atomic E-state index is 5.65. The quantitative estimate of drug-likeness (QED) is 0.813. The average Bonchev–Trinajstić information content (AvgIpc) is 2.28. The number of benzene rings is 1. The minimum atomic E-state index is 0.684. The molecule has 1 aliphatic heterocycles. The molecule has 1 atom stereocenters. The van der Waals surface area contributed by atoms with Crippen molar-refractivity contribution in [2.45, 2.75) is 32.4 Å². The summed E-state index contributed by atoms with van der Waals surface area (Å²) in [5.41, 5.74) is 8.66. The highest BCUT2D eigenvalue weighted by Gasteiger charge is 2.23. The predicted molar refractivity (Wildman–Crippen MR) is 63.7 cm³/mol. The predicted octanol–water partition coefficient (Wildman–Crippen LogP) is 1.78. The largest absolute Gasteiger partial charge is 0.329 e. The van der Waals surface area contributed by atoms with E-state index in [1.165, 1.54) is 24.0 Å². The Balaban J connectivity index is 2.19. The molecular weight excluding hydrogens is 184 g/mol. The van der Waals surface area contributed by atoms with Gasteiger partial charge in [0.05, 0.1) is 0 Å². The van der Waals surface area contributed by atoms with Crippen molar-refractivity contribution in [1.82, 2.24) is 4.90 Å². The molecule has 2 rings (SSSR count). The number of nitrogens with zero attached hydrogens (tertiary/aromatic N) is 1. The van der Waals surface area contributed by atoms with E-state index in [2.05, 4.69) is 36.1 Å². The van der Waals surface area contributed by atoms with Gasteiger partial charge in [0.15, 0.2) is 0 Å². The topological polar surface area (TPSA) is 29.3 Å². The molecule has 15 heavy (non-hydrogen) atoms. The Morgan fingerprint density at radius 3 is 2.73 bits per heavy atom. The van der Waals surface area contributed by atoms with Crippen molar-refractivity contribution < 1.29 is 0 Å². The van der Waals surface area contributed by atoms with Gasteiger partial charge < -0.3 is 5.73 Å². The van der Waals surface area contributed by atoms with Crippen LogP contribution < -0.4 is 5.73 Å². The van der Waals surface area contributed by atoms with Crippen LogP contribution in [-0.2, 0) is 13.0 Å². The second kappa shape index (κ2) is 4.77. The van der Waals surface area contributed by atoms with Gasteiger partial charge >= 0.3 is 0 Å². The molecule has 1 aromatic carbocycles. The van der Waals surface area contributed by atoms with Crippen molar-refractivity contribution in [1.29, 1.82) is 0 Å². The highest BCUT2D eigenvalue weighted by Crippen LogP contribution is 2.24. The van der Waals surface area contributed by atoms with Gasteiger partial charge in [-0.2, -0.15) is 0 Å². The van der Waals surface area contributed by atoms with Crippen molar-refractivity contribution in [3.05, 3.63) is 35.4 Å². The van der Waals surface area contributed by atoms with Gasteiger partial charge in [-0.3, -0.25) is 4.90 Å².